The number of para-hydroxylation sites is 1. The number of benzene rings is 1. The van der Waals surface area contributed by atoms with Crippen molar-refractivity contribution in [2.45, 2.75) is 45.1 Å². The van der Waals surface area contributed by atoms with Gasteiger partial charge in [0.25, 0.3) is 18.3 Å². The van der Waals surface area contributed by atoms with Gasteiger partial charge in [-0.2, -0.15) is 0 Å². The van der Waals surface area contributed by atoms with E-state index in [4.69, 9.17) is 9.90 Å². The Labute approximate surface area is 181 Å². The molecule has 0 atom stereocenters. The van der Waals surface area contributed by atoms with Crippen LogP contribution in [0.5, 0.6) is 0 Å². The van der Waals surface area contributed by atoms with E-state index in [2.05, 4.69) is 16.7 Å². The third-order valence-corrected chi connectivity index (χ3v) is 6.14. The minimum absolute atomic E-state index is 0.00115. The normalized spacial score (nSPS) is 19.3. The number of piperidine rings is 1. The highest BCUT2D eigenvalue weighted by Crippen LogP contribution is 2.35. The summed E-state index contributed by atoms with van der Waals surface area (Å²) in [7, 11) is 0. The summed E-state index contributed by atoms with van der Waals surface area (Å²) in [4.78, 5) is 50.0. The molecule has 4 amide bonds. The number of carbonyl (C=O) groups excluding carboxylic acids is 3. The molecule has 2 saturated heterocycles. The number of hydrogen-bond donors (Lipinski definition) is 3. The van der Waals surface area contributed by atoms with Crippen molar-refractivity contribution in [1.82, 2.24) is 15.1 Å². The van der Waals surface area contributed by atoms with Crippen molar-refractivity contribution in [3.63, 3.8) is 0 Å². The summed E-state index contributed by atoms with van der Waals surface area (Å²) in [5.74, 6) is 0.0559. The van der Waals surface area contributed by atoms with Gasteiger partial charge in [0.05, 0.1) is 11.3 Å². The first-order chi connectivity index (χ1) is 14.8. The number of nitrogens with one attached hydrogen (secondary N) is 2. The smallest absolute Gasteiger partial charge is 0.325 e. The van der Waals surface area contributed by atoms with Crippen LogP contribution in [-0.4, -0.2) is 70.9 Å². The number of nitrogens with zero attached hydrogens (tertiary/aromatic N) is 2. The molecule has 9 heteroatoms. The van der Waals surface area contributed by atoms with Crippen LogP contribution >= 0.6 is 0 Å². The molecule has 1 aromatic rings. The number of imide groups is 1. The van der Waals surface area contributed by atoms with Gasteiger partial charge in [-0.25, -0.2) is 4.79 Å². The van der Waals surface area contributed by atoms with Gasteiger partial charge in [0.15, 0.2) is 0 Å². The predicted octanol–water partition coefficient (Wildman–Crippen LogP) is 1.93. The van der Waals surface area contributed by atoms with Gasteiger partial charge in [-0.3, -0.25) is 19.7 Å². The third-order valence-electron chi connectivity index (χ3n) is 6.14. The van der Waals surface area contributed by atoms with Crippen LogP contribution in [0.4, 0.5) is 10.5 Å². The number of amides is 4. The van der Waals surface area contributed by atoms with Gasteiger partial charge in [-0.05, 0) is 43.2 Å². The number of rotatable bonds is 3. The second-order valence-corrected chi connectivity index (χ2v) is 8.56. The SMILES string of the molecule is CC(C)CN1C(=O)NC(=O)C12CCN(C(=O)c1cccc3c1NCCC3)CC2.O=CO. The summed E-state index contributed by atoms with van der Waals surface area (Å²) >= 11 is 0. The standard InChI is InChI=1S/C21H28N4O3.CH2O2/c1-14(2)13-25-20(28)23-19(27)21(25)8-11-24(12-9-21)18(26)16-7-3-5-15-6-4-10-22-17(15)16;2-1-3/h3,5,7,14,22H,4,6,8-13H2,1-2H3,(H,23,27,28);1H,(H,2,3). The van der Waals surface area contributed by atoms with Crippen molar-refractivity contribution in [3.05, 3.63) is 29.3 Å². The largest absolute Gasteiger partial charge is 0.483 e. The van der Waals surface area contributed by atoms with Gasteiger partial charge in [-0.15, -0.1) is 0 Å². The molecule has 1 aromatic carbocycles. The van der Waals surface area contributed by atoms with Crippen LogP contribution < -0.4 is 10.6 Å². The maximum Gasteiger partial charge on any atom is 0.325 e. The lowest BCUT2D eigenvalue weighted by Gasteiger charge is -2.43. The Morgan fingerprint density at radius 3 is 2.58 bits per heavy atom. The fraction of sp³-hybridized carbons (Fsp3) is 0.545. The van der Waals surface area contributed by atoms with Crippen molar-refractivity contribution >= 4 is 30.0 Å². The molecule has 3 heterocycles. The van der Waals surface area contributed by atoms with Gasteiger partial charge in [0.2, 0.25) is 0 Å². The second-order valence-electron chi connectivity index (χ2n) is 8.56. The minimum atomic E-state index is -0.813. The Hall–Kier alpha value is -3.10. The molecule has 4 rings (SSSR count). The van der Waals surface area contributed by atoms with E-state index in [1.807, 2.05) is 30.9 Å². The number of hydrogen-bond acceptors (Lipinski definition) is 5. The average Bonchev–Trinajstić information content (AvgIpc) is 2.97. The lowest BCUT2D eigenvalue weighted by molar-refractivity contribution is -0.129. The molecule has 3 N–H and O–H groups in total. The Balaban J connectivity index is 0.000000858. The summed E-state index contributed by atoms with van der Waals surface area (Å²) in [5.41, 5.74) is 2.04. The van der Waals surface area contributed by atoms with Crippen LogP contribution in [0, 0.1) is 5.92 Å². The Morgan fingerprint density at radius 2 is 1.94 bits per heavy atom. The molecule has 9 nitrogen and oxygen atoms in total. The highest BCUT2D eigenvalue weighted by molar-refractivity contribution is 6.07. The summed E-state index contributed by atoms with van der Waals surface area (Å²) in [6.07, 6.45) is 3.02. The first-order valence-corrected chi connectivity index (χ1v) is 10.7. The lowest BCUT2D eigenvalue weighted by atomic mass is 9.85. The van der Waals surface area contributed by atoms with E-state index in [1.165, 1.54) is 5.56 Å². The van der Waals surface area contributed by atoms with Crippen molar-refractivity contribution in [1.29, 1.82) is 0 Å². The van der Waals surface area contributed by atoms with Crippen LogP contribution in [0.15, 0.2) is 18.2 Å². The molecule has 1 spiro atoms. The lowest BCUT2D eigenvalue weighted by Crippen LogP contribution is -2.58. The number of carboxylic acid groups (broad SMARTS) is 1. The number of carbonyl (C=O) groups is 4. The van der Waals surface area contributed by atoms with Gasteiger partial charge < -0.3 is 20.2 Å². The van der Waals surface area contributed by atoms with E-state index in [-0.39, 0.29) is 30.2 Å². The third kappa shape index (κ3) is 4.35. The highest BCUT2D eigenvalue weighted by Gasteiger charge is 2.54. The zero-order chi connectivity index (χ0) is 22.6. The van der Waals surface area contributed by atoms with Gasteiger partial charge in [-0.1, -0.05) is 26.0 Å². The van der Waals surface area contributed by atoms with Crippen molar-refractivity contribution in [2.75, 3.05) is 31.5 Å². The highest BCUT2D eigenvalue weighted by atomic mass is 16.3. The molecule has 168 valence electrons. The molecular formula is C22H30N4O5. The van der Waals surface area contributed by atoms with Gasteiger partial charge in [0.1, 0.15) is 5.54 Å². The van der Waals surface area contributed by atoms with Crippen molar-refractivity contribution < 1.29 is 24.3 Å². The first kappa shape index (κ1) is 22.6. The zero-order valence-electron chi connectivity index (χ0n) is 18.0. The van der Waals surface area contributed by atoms with E-state index >= 15 is 0 Å². The summed E-state index contributed by atoms with van der Waals surface area (Å²) in [6.45, 7) is 6.19. The quantitative estimate of drug-likeness (QED) is 0.498. The maximum absolute atomic E-state index is 13.2. The molecule has 2 fully saturated rings. The topological polar surface area (TPSA) is 119 Å². The minimum Gasteiger partial charge on any atom is -0.483 e. The molecule has 0 unspecified atom stereocenters. The molecule has 0 aliphatic carbocycles. The number of likely N-dealkylation sites (tertiary alicyclic amines) is 1. The van der Waals surface area contributed by atoms with E-state index in [1.54, 1.807) is 4.90 Å². The van der Waals surface area contributed by atoms with Crippen molar-refractivity contribution in [2.24, 2.45) is 5.92 Å². The maximum atomic E-state index is 13.2. The molecule has 0 saturated carbocycles. The molecule has 31 heavy (non-hydrogen) atoms. The number of urea groups is 1. The Bertz CT molecular complexity index is 861. The molecule has 0 radical (unpaired) electrons. The Morgan fingerprint density at radius 1 is 1.26 bits per heavy atom. The number of fused-ring (bicyclic) bond motifs is 1. The number of aryl methyl sites for hydroxylation is 1. The molecular weight excluding hydrogens is 400 g/mol. The van der Waals surface area contributed by atoms with E-state index in [0.717, 1.165) is 25.1 Å². The summed E-state index contributed by atoms with van der Waals surface area (Å²) in [5, 5.41) is 12.7. The Kier molecular flexibility index (Phi) is 6.82. The van der Waals surface area contributed by atoms with Crippen LogP contribution in [0.2, 0.25) is 0 Å². The molecule has 0 bridgehead atoms. The van der Waals surface area contributed by atoms with Crippen LogP contribution in [0.1, 0.15) is 49.0 Å². The van der Waals surface area contributed by atoms with E-state index in [9.17, 15) is 14.4 Å². The fourth-order valence-corrected chi connectivity index (χ4v) is 4.66. The number of anilines is 1. The van der Waals surface area contributed by atoms with Gasteiger partial charge >= 0.3 is 6.03 Å². The monoisotopic (exact) mass is 430 g/mol. The summed E-state index contributed by atoms with van der Waals surface area (Å²) in [6, 6.07) is 5.58. The zero-order valence-corrected chi connectivity index (χ0v) is 18.0. The first-order valence-electron chi connectivity index (χ1n) is 10.7. The van der Waals surface area contributed by atoms with Crippen LogP contribution in [0.3, 0.4) is 0 Å². The molecule has 3 aliphatic heterocycles. The van der Waals surface area contributed by atoms with Crippen LogP contribution in [-0.2, 0) is 16.0 Å². The fourth-order valence-electron chi connectivity index (χ4n) is 4.66. The average molecular weight is 431 g/mol. The predicted molar refractivity (Wildman–Crippen MR) is 115 cm³/mol. The van der Waals surface area contributed by atoms with Crippen LogP contribution in [0.25, 0.3) is 0 Å². The van der Waals surface area contributed by atoms with Crippen molar-refractivity contribution in [3.8, 4) is 0 Å². The summed E-state index contributed by atoms with van der Waals surface area (Å²) < 4.78 is 0. The molecule has 0 aromatic heterocycles. The van der Waals surface area contributed by atoms with Gasteiger partial charge in [0, 0.05) is 26.2 Å². The molecule has 3 aliphatic rings. The van der Waals surface area contributed by atoms with E-state index in [0.29, 0.717) is 38.0 Å². The second kappa shape index (κ2) is 9.36. The van der Waals surface area contributed by atoms with E-state index < -0.39 is 5.54 Å².